The predicted molar refractivity (Wildman–Crippen MR) is 82.9 cm³/mol. The highest BCUT2D eigenvalue weighted by Gasteiger charge is 2.14. The molecule has 2 N–H and O–H groups in total. The van der Waals surface area contributed by atoms with Crippen molar-refractivity contribution in [2.45, 2.75) is 0 Å². The van der Waals surface area contributed by atoms with Gasteiger partial charge in [0.1, 0.15) is 6.07 Å². The molecule has 0 atom stereocenters. The number of nitrogens with zero attached hydrogens (tertiary/aromatic N) is 3. The number of anilines is 1. The molecule has 0 spiro atoms. The number of hydrogen-bond donors (Lipinski definition) is 1. The van der Waals surface area contributed by atoms with Gasteiger partial charge in [0.05, 0.1) is 22.3 Å². The molecule has 1 aromatic heterocycles. The molecule has 0 aliphatic heterocycles. The van der Waals surface area contributed by atoms with Crippen molar-refractivity contribution >= 4 is 44.5 Å². The van der Waals surface area contributed by atoms with Gasteiger partial charge in [-0.25, -0.2) is 4.98 Å². The zero-order valence-corrected chi connectivity index (χ0v) is 12.5. The van der Waals surface area contributed by atoms with Crippen LogP contribution in [0.1, 0.15) is 5.56 Å². The van der Waals surface area contributed by atoms with Crippen molar-refractivity contribution in [3.05, 3.63) is 51.5 Å². The molecule has 0 amide bonds. The molecule has 2 aromatic carbocycles. The van der Waals surface area contributed by atoms with Crippen molar-refractivity contribution in [1.29, 1.82) is 5.26 Å². The Labute approximate surface area is 128 Å². The summed E-state index contributed by atoms with van der Waals surface area (Å²) < 4.78 is 2.64. The summed E-state index contributed by atoms with van der Waals surface area (Å²) in [7, 11) is 0. The van der Waals surface area contributed by atoms with Crippen LogP contribution in [0.25, 0.3) is 16.7 Å². The van der Waals surface area contributed by atoms with Crippen molar-refractivity contribution in [2.75, 3.05) is 5.73 Å². The first-order valence-corrected chi connectivity index (χ1v) is 6.91. The van der Waals surface area contributed by atoms with E-state index in [1.807, 2.05) is 18.2 Å². The van der Waals surface area contributed by atoms with Gasteiger partial charge in [0.15, 0.2) is 0 Å². The van der Waals surface area contributed by atoms with Crippen LogP contribution in [0.2, 0.25) is 5.02 Å². The van der Waals surface area contributed by atoms with E-state index in [9.17, 15) is 5.26 Å². The zero-order valence-electron chi connectivity index (χ0n) is 10.1. The van der Waals surface area contributed by atoms with E-state index in [0.29, 0.717) is 22.2 Å². The van der Waals surface area contributed by atoms with Crippen LogP contribution < -0.4 is 5.73 Å². The maximum absolute atomic E-state index is 9.25. The van der Waals surface area contributed by atoms with E-state index in [0.717, 1.165) is 15.5 Å². The van der Waals surface area contributed by atoms with Gasteiger partial charge in [-0.1, -0.05) is 27.5 Å². The van der Waals surface area contributed by atoms with Crippen LogP contribution in [0.3, 0.4) is 0 Å². The topological polar surface area (TPSA) is 67.6 Å². The summed E-state index contributed by atoms with van der Waals surface area (Å²) in [5.41, 5.74) is 8.68. The summed E-state index contributed by atoms with van der Waals surface area (Å²) in [6.45, 7) is 0. The SMILES string of the molecule is N#Cc1ccc(Cl)cc1-n1c(N)nc2ccc(Br)cc21. The normalized spacial score (nSPS) is 10.7. The van der Waals surface area contributed by atoms with E-state index in [1.54, 1.807) is 22.8 Å². The highest BCUT2D eigenvalue weighted by atomic mass is 79.9. The molecule has 0 aliphatic rings. The standard InChI is InChI=1S/C14H8BrClN4/c15-9-2-4-11-13(5-9)20(14(18)19-11)12-6-10(16)3-1-8(12)7-17/h1-6H,(H2,18,19). The van der Waals surface area contributed by atoms with E-state index in [2.05, 4.69) is 27.0 Å². The first-order valence-electron chi connectivity index (χ1n) is 5.73. The number of nitriles is 1. The molecule has 0 radical (unpaired) electrons. The molecule has 0 unspecified atom stereocenters. The number of hydrogen-bond acceptors (Lipinski definition) is 3. The van der Waals surface area contributed by atoms with Crippen LogP contribution in [-0.2, 0) is 0 Å². The Balaban J connectivity index is 2.40. The van der Waals surface area contributed by atoms with Crippen LogP contribution in [0.15, 0.2) is 40.9 Å². The number of imidazole rings is 1. The number of nitrogens with two attached hydrogens (primary N) is 1. The fourth-order valence-corrected chi connectivity index (χ4v) is 2.62. The van der Waals surface area contributed by atoms with Crippen LogP contribution in [-0.4, -0.2) is 9.55 Å². The van der Waals surface area contributed by atoms with Crippen LogP contribution in [0.5, 0.6) is 0 Å². The molecule has 0 saturated carbocycles. The van der Waals surface area contributed by atoms with Crippen molar-refractivity contribution in [3.63, 3.8) is 0 Å². The fourth-order valence-electron chi connectivity index (χ4n) is 2.10. The second-order valence-electron chi connectivity index (χ2n) is 4.21. The van der Waals surface area contributed by atoms with Gasteiger partial charge < -0.3 is 5.73 Å². The molecule has 4 nitrogen and oxygen atoms in total. The predicted octanol–water partition coefficient (Wildman–Crippen LogP) is 3.90. The van der Waals surface area contributed by atoms with Crippen molar-refractivity contribution < 1.29 is 0 Å². The van der Waals surface area contributed by atoms with Gasteiger partial charge in [-0.2, -0.15) is 5.26 Å². The third-order valence-electron chi connectivity index (χ3n) is 2.96. The quantitative estimate of drug-likeness (QED) is 0.726. The number of benzene rings is 2. The Bertz CT molecular complexity index is 863. The molecule has 6 heteroatoms. The minimum absolute atomic E-state index is 0.317. The maximum Gasteiger partial charge on any atom is 0.205 e. The van der Waals surface area contributed by atoms with Gasteiger partial charge in [0.2, 0.25) is 5.95 Å². The highest BCUT2D eigenvalue weighted by molar-refractivity contribution is 9.10. The van der Waals surface area contributed by atoms with Crippen LogP contribution >= 0.6 is 27.5 Å². The number of nitrogen functional groups attached to an aromatic ring is 1. The summed E-state index contributed by atoms with van der Waals surface area (Å²) in [6, 6.07) is 12.9. The Morgan fingerprint density at radius 1 is 1.25 bits per heavy atom. The van der Waals surface area contributed by atoms with E-state index in [-0.39, 0.29) is 0 Å². The largest absolute Gasteiger partial charge is 0.369 e. The van der Waals surface area contributed by atoms with Crippen molar-refractivity contribution in [2.24, 2.45) is 0 Å². The maximum atomic E-state index is 9.25. The fraction of sp³-hybridized carbons (Fsp3) is 0. The van der Waals surface area contributed by atoms with Crippen LogP contribution in [0.4, 0.5) is 5.95 Å². The molecule has 1 heterocycles. The molecule has 98 valence electrons. The minimum Gasteiger partial charge on any atom is -0.369 e. The third-order valence-corrected chi connectivity index (χ3v) is 3.69. The molecular formula is C14H8BrClN4. The molecule has 0 fully saturated rings. The summed E-state index contributed by atoms with van der Waals surface area (Å²) >= 11 is 9.46. The second kappa shape index (κ2) is 4.82. The van der Waals surface area contributed by atoms with Crippen LogP contribution in [0, 0.1) is 11.3 Å². The van der Waals surface area contributed by atoms with Gasteiger partial charge in [0, 0.05) is 9.50 Å². The highest BCUT2D eigenvalue weighted by Crippen LogP contribution is 2.29. The summed E-state index contributed by atoms with van der Waals surface area (Å²) in [6.07, 6.45) is 0. The van der Waals surface area contributed by atoms with E-state index >= 15 is 0 Å². The van der Waals surface area contributed by atoms with Gasteiger partial charge in [-0.3, -0.25) is 4.57 Å². The first-order chi connectivity index (χ1) is 9.60. The Morgan fingerprint density at radius 3 is 2.80 bits per heavy atom. The van der Waals surface area contributed by atoms with Gasteiger partial charge in [0.25, 0.3) is 0 Å². The van der Waals surface area contributed by atoms with Crippen molar-refractivity contribution in [1.82, 2.24) is 9.55 Å². The smallest absolute Gasteiger partial charge is 0.205 e. The summed E-state index contributed by atoms with van der Waals surface area (Å²) in [5, 5.41) is 9.79. The third kappa shape index (κ3) is 2.03. The second-order valence-corrected chi connectivity index (χ2v) is 5.56. The molecular weight excluding hydrogens is 340 g/mol. The number of rotatable bonds is 1. The average Bonchev–Trinajstić information content (AvgIpc) is 2.74. The van der Waals surface area contributed by atoms with Crippen molar-refractivity contribution in [3.8, 4) is 11.8 Å². The Morgan fingerprint density at radius 2 is 2.05 bits per heavy atom. The summed E-state index contributed by atoms with van der Waals surface area (Å²) in [5.74, 6) is 0.317. The van der Waals surface area contributed by atoms with Gasteiger partial charge in [-0.15, -0.1) is 0 Å². The zero-order chi connectivity index (χ0) is 14.3. The lowest BCUT2D eigenvalue weighted by atomic mass is 10.2. The Kier molecular flexibility index (Phi) is 3.13. The number of fused-ring (bicyclic) bond motifs is 1. The lowest BCUT2D eigenvalue weighted by Gasteiger charge is -2.09. The molecule has 20 heavy (non-hydrogen) atoms. The first kappa shape index (κ1) is 13.0. The minimum atomic E-state index is 0.317. The molecule has 0 bridgehead atoms. The summed E-state index contributed by atoms with van der Waals surface area (Å²) in [4.78, 5) is 4.30. The monoisotopic (exact) mass is 346 g/mol. The number of aromatic nitrogens is 2. The molecule has 0 saturated heterocycles. The van der Waals surface area contributed by atoms with Gasteiger partial charge in [-0.05, 0) is 36.4 Å². The van der Waals surface area contributed by atoms with E-state index in [4.69, 9.17) is 17.3 Å². The molecule has 3 aromatic rings. The van der Waals surface area contributed by atoms with E-state index < -0.39 is 0 Å². The lowest BCUT2D eigenvalue weighted by molar-refractivity contribution is 1.10. The number of halogens is 2. The molecule has 0 aliphatic carbocycles. The lowest BCUT2D eigenvalue weighted by Crippen LogP contribution is -2.02. The Hall–Kier alpha value is -2.03. The van der Waals surface area contributed by atoms with E-state index in [1.165, 1.54) is 0 Å². The van der Waals surface area contributed by atoms with Gasteiger partial charge >= 0.3 is 0 Å². The average molecular weight is 348 g/mol. The molecule has 3 rings (SSSR count).